The summed E-state index contributed by atoms with van der Waals surface area (Å²) in [7, 11) is 3.02. The van der Waals surface area contributed by atoms with Gasteiger partial charge < -0.3 is 24.7 Å². The summed E-state index contributed by atoms with van der Waals surface area (Å²) in [5, 5.41) is 9.60. The normalized spacial score (nSPS) is 16.8. The van der Waals surface area contributed by atoms with Crippen LogP contribution in [0.15, 0.2) is 45.5 Å². The first-order chi connectivity index (χ1) is 12.5. The molecule has 0 fully saturated rings. The molecule has 0 aliphatic carbocycles. The van der Waals surface area contributed by atoms with Crippen LogP contribution in [0.25, 0.3) is 0 Å². The molecule has 0 radical (unpaired) electrons. The van der Waals surface area contributed by atoms with E-state index in [9.17, 15) is 10.1 Å². The topological polar surface area (TPSA) is 104 Å². The molecule has 0 spiro atoms. The van der Waals surface area contributed by atoms with Crippen LogP contribution in [0.1, 0.15) is 18.4 Å². The van der Waals surface area contributed by atoms with E-state index in [0.717, 1.165) is 0 Å². The quantitative estimate of drug-likeness (QED) is 0.702. The minimum absolute atomic E-state index is 0.0153. The Labute approximate surface area is 160 Å². The van der Waals surface area contributed by atoms with Crippen molar-refractivity contribution in [2.75, 3.05) is 27.4 Å². The molecule has 8 heteroatoms. The van der Waals surface area contributed by atoms with Crippen molar-refractivity contribution in [1.82, 2.24) is 0 Å². The number of halogens is 1. The molecule has 7 nitrogen and oxygen atoms in total. The van der Waals surface area contributed by atoms with E-state index >= 15 is 0 Å². The fourth-order valence-corrected chi connectivity index (χ4v) is 3.24. The minimum Gasteiger partial charge on any atom is -0.496 e. The van der Waals surface area contributed by atoms with Gasteiger partial charge in [-0.2, -0.15) is 5.26 Å². The van der Waals surface area contributed by atoms with E-state index in [0.29, 0.717) is 15.8 Å². The molecule has 2 N–H and O–H groups in total. The molecule has 1 aromatic carbocycles. The van der Waals surface area contributed by atoms with Crippen LogP contribution < -0.4 is 10.5 Å². The Morgan fingerprint density at radius 2 is 2.15 bits per heavy atom. The molecular weight excluding hydrogens is 404 g/mol. The van der Waals surface area contributed by atoms with E-state index in [1.807, 2.05) is 6.07 Å². The van der Waals surface area contributed by atoms with Gasteiger partial charge in [-0.25, -0.2) is 4.79 Å². The highest BCUT2D eigenvalue weighted by atomic mass is 79.9. The summed E-state index contributed by atoms with van der Waals surface area (Å²) in [6, 6.07) is 7.30. The van der Waals surface area contributed by atoms with Gasteiger partial charge in [0.1, 0.15) is 29.8 Å². The standard InChI is InChI=1S/C18H19BrN2O5/c1-4-25-18(22)16-14(9-23-2)26-17(21)11(8-20)15(16)10-5-6-13(24-3)12(19)7-10/h5-7,15H,4,9,21H2,1-3H3/t15-/m0/s1. The summed E-state index contributed by atoms with van der Waals surface area (Å²) in [6.07, 6.45) is 0. The Morgan fingerprint density at radius 1 is 1.42 bits per heavy atom. The molecule has 1 aliphatic heterocycles. The molecule has 0 aromatic heterocycles. The number of methoxy groups -OCH3 is 2. The first-order valence-electron chi connectivity index (χ1n) is 7.78. The average molecular weight is 423 g/mol. The lowest BCUT2D eigenvalue weighted by Crippen LogP contribution is -2.27. The number of hydrogen-bond donors (Lipinski definition) is 1. The number of hydrogen-bond acceptors (Lipinski definition) is 7. The maximum absolute atomic E-state index is 12.6. The second kappa shape index (κ2) is 8.74. The summed E-state index contributed by atoms with van der Waals surface area (Å²) >= 11 is 3.42. The smallest absolute Gasteiger partial charge is 0.338 e. The Balaban J connectivity index is 2.67. The van der Waals surface area contributed by atoms with E-state index in [4.69, 9.17) is 24.7 Å². The summed E-state index contributed by atoms with van der Waals surface area (Å²) in [6.45, 7) is 1.90. The van der Waals surface area contributed by atoms with Crippen LogP contribution in [-0.2, 0) is 19.0 Å². The molecular formula is C18H19BrN2O5. The Hall–Kier alpha value is -2.50. The lowest BCUT2D eigenvalue weighted by atomic mass is 9.83. The third kappa shape index (κ3) is 3.84. The molecule has 0 saturated carbocycles. The Bertz CT molecular complexity index is 810. The zero-order valence-electron chi connectivity index (χ0n) is 14.7. The maximum atomic E-state index is 12.6. The number of benzene rings is 1. The molecule has 0 bridgehead atoms. The molecule has 1 heterocycles. The van der Waals surface area contributed by atoms with Gasteiger partial charge in [-0.3, -0.25) is 0 Å². The van der Waals surface area contributed by atoms with Gasteiger partial charge in [-0.1, -0.05) is 6.07 Å². The van der Waals surface area contributed by atoms with Crippen molar-refractivity contribution in [3.63, 3.8) is 0 Å². The van der Waals surface area contributed by atoms with Crippen molar-refractivity contribution < 1.29 is 23.7 Å². The van der Waals surface area contributed by atoms with Crippen molar-refractivity contribution >= 4 is 21.9 Å². The van der Waals surface area contributed by atoms with Crippen molar-refractivity contribution in [2.24, 2.45) is 5.73 Å². The van der Waals surface area contributed by atoms with Crippen LogP contribution in [0.2, 0.25) is 0 Å². The van der Waals surface area contributed by atoms with E-state index < -0.39 is 11.9 Å². The van der Waals surface area contributed by atoms with Gasteiger partial charge in [0.2, 0.25) is 5.88 Å². The second-order valence-electron chi connectivity index (χ2n) is 5.31. The van der Waals surface area contributed by atoms with E-state index in [1.165, 1.54) is 7.11 Å². The van der Waals surface area contributed by atoms with Crippen molar-refractivity contribution in [3.8, 4) is 11.8 Å². The van der Waals surface area contributed by atoms with Gasteiger partial charge in [0.25, 0.3) is 0 Å². The number of nitriles is 1. The Kier molecular flexibility index (Phi) is 6.66. The molecule has 138 valence electrons. The van der Waals surface area contributed by atoms with Crippen LogP contribution in [0.4, 0.5) is 0 Å². The van der Waals surface area contributed by atoms with Crippen LogP contribution in [0.5, 0.6) is 5.75 Å². The van der Waals surface area contributed by atoms with Crippen LogP contribution in [0.3, 0.4) is 0 Å². The van der Waals surface area contributed by atoms with Crippen LogP contribution in [0, 0.1) is 11.3 Å². The highest BCUT2D eigenvalue weighted by Crippen LogP contribution is 2.41. The number of carbonyl (C=O) groups excluding carboxylic acids is 1. The van der Waals surface area contributed by atoms with Crippen molar-refractivity contribution in [2.45, 2.75) is 12.8 Å². The number of allylic oxidation sites excluding steroid dienone is 1. The van der Waals surface area contributed by atoms with E-state index in [2.05, 4.69) is 15.9 Å². The molecule has 1 aromatic rings. The Morgan fingerprint density at radius 3 is 2.69 bits per heavy atom. The first-order valence-corrected chi connectivity index (χ1v) is 8.57. The van der Waals surface area contributed by atoms with Gasteiger partial charge in [0.05, 0.1) is 29.7 Å². The summed E-state index contributed by atoms with van der Waals surface area (Å²) in [4.78, 5) is 12.6. The monoisotopic (exact) mass is 422 g/mol. The fourth-order valence-electron chi connectivity index (χ4n) is 2.68. The molecule has 1 atom stereocenters. The molecule has 26 heavy (non-hydrogen) atoms. The molecule has 2 rings (SSSR count). The minimum atomic E-state index is -0.736. The van der Waals surface area contributed by atoms with E-state index in [1.54, 1.807) is 32.2 Å². The SMILES string of the molecule is CCOC(=O)C1=C(COC)OC(N)=C(C#N)[C@@H]1c1ccc(OC)c(Br)c1. The van der Waals surface area contributed by atoms with Gasteiger partial charge >= 0.3 is 5.97 Å². The third-order valence-corrected chi connectivity index (χ3v) is 4.40. The first kappa shape index (κ1) is 19.8. The summed E-state index contributed by atoms with van der Waals surface area (Å²) < 4.78 is 21.7. The largest absolute Gasteiger partial charge is 0.496 e. The second-order valence-corrected chi connectivity index (χ2v) is 6.16. The zero-order chi connectivity index (χ0) is 19.3. The lowest BCUT2D eigenvalue weighted by molar-refractivity contribution is -0.139. The zero-order valence-corrected chi connectivity index (χ0v) is 16.3. The van der Waals surface area contributed by atoms with Crippen LogP contribution >= 0.6 is 15.9 Å². The number of carbonyl (C=O) groups is 1. The molecule has 0 amide bonds. The average Bonchev–Trinajstić information content (AvgIpc) is 2.61. The van der Waals surface area contributed by atoms with Crippen molar-refractivity contribution in [3.05, 3.63) is 51.0 Å². The van der Waals surface area contributed by atoms with Crippen molar-refractivity contribution in [1.29, 1.82) is 5.26 Å². The maximum Gasteiger partial charge on any atom is 0.338 e. The fraction of sp³-hybridized carbons (Fsp3) is 0.333. The third-order valence-electron chi connectivity index (χ3n) is 3.78. The number of esters is 1. The van der Waals surface area contributed by atoms with Gasteiger partial charge in [-0.05, 0) is 40.5 Å². The predicted octanol–water partition coefficient (Wildman–Crippen LogP) is 2.73. The molecule has 0 saturated heterocycles. The number of nitrogens with two attached hydrogens (primary N) is 1. The van der Waals surface area contributed by atoms with Crippen LogP contribution in [-0.4, -0.2) is 33.4 Å². The predicted molar refractivity (Wildman–Crippen MR) is 96.9 cm³/mol. The lowest BCUT2D eigenvalue weighted by Gasteiger charge is -2.28. The number of rotatable bonds is 6. The van der Waals surface area contributed by atoms with E-state index in [-0.39, 0.29) is 36.0 Å². The summed E-state index contributed by atoms with van der Waals surface area (Å²) in [5.74, 6) is -0.545. The molecule has 1 aliphatic rings. The number of ether oxygens (including phenoxy) is 4. The number of nitrogens with zero attached hydrogens (tertiary/aromatic N) is 1. The van der Waals surface area contributed by atoms with Gasteiger partial charge in [-0.15, -0.1) is 0 Å². The highest BCUT2D eigenvalue weighted by molar-refractivity contribution is 9.10. The van der Waals surface area contributed by atoms with Gasteiger partial charge in [0, 0.05) is 7.11 Å². The summed E-state index contributed by atoms with van der Waals surface area (Å²) in [5.41, 5.74) is 6.91. The highest BCUT2D eigenvalue weighted by Gasteiger charge is 2.37. The van der Waals surface area contributed by atoms with Gasteiger partial charge in [0.15, 0.2) is 0 Å². The molecule has 0 unspecified atom stereocenters.